The Kier molecular flexibility index (Phi) is 2.92. The first-order chi connectivity index (χ1) is 14.1. The number of rotatable bonds is 5. The van der Waals surface area contributed by atoms with E-state index in [4.69, 9.17) is 1.37 Å². The van der Waals surface area contributed by atoms with Gasteiger partial charge in [0.1, 0.15) is 5.78 Å². The van der Waals surface area contributed by atoms with E-state index >= 15 is 0 Å². The van der Waals surface area contributed by atoms with E-state index in [0.717, 1.165) is 9.79 Å². The average molecular weight is 406 g/mol. The summed E-state index contributed by atoms with van der Waals surface area (Å²) in [6, 6.07) is 20.3. The number of hydrogen-bond acceptors (Lipinski definition) is 4. The van der Waals surface area contributed by atoms with Gasteiger partial charge >= 0.3 is 0 Å². The smallest absolute Gasteiger partial charge is 0.153 e. The molecule has 0 heterocycles. The van der Waals surface area contributed by atoms with Crippen molar-refractivity contribution < 1.29 is 11.0 Å². The topological polar surface area (TPSA) is 34.1 Å². The fraction of sp³-hybridized carbons (Fsp3) is 0.417. The van der Waals surface area contributed by atoms with E-state index in [0.29, 0.717) is 23.5 Å². The van der Waals surface area contributed by atoms with E-state index in [2.05, 4.69) is 24.3 Å². The number of fused-ring (bicyclic) bond motifs is 2. The molecule has 140 valence electrons. The van der Waals surface area contributed by atoms with Crippen molar-refractivity contribution >= 4 is 35.1 Å². The number of hydrogen-bond donors (Lipinski definition) is 0. The van der Waals surface area contributed by atoms with E-state index in [1.165, 1.54) is 0 Å². The Bertz CT molecular complexity index is 1030. The molecule has 10 atom stereocenters. The summed E-state index contributed by atoms with van der Waals surface area (Å²) in [6.07, 6.45) is -0.311. The van der Waals surface area contributed by atoms with Crippen molar-refractivity contribution in [3.05, 3.63) is 60.7 Å². The highest BCUT2D eigenvalue weighted by atomic mass is 32.2. The Morgan fingerprint density at radius 3 is 2.14 bits per heavy atom. The second-order valence-corrected chi connectivity index (χ2v) is 11.4. The van der Waals surface area contributed by atoms with Gasteiger partial charge in [0, 0.05) is 28.9 Å². The first-order valence-corrected chi connectivity index (χ1v) is 11.8. The number of benzene rings is 2. The minimum Gasteiger partial charge on any atom is -0.298 e. The molecule has 0 aliphatic heterocycles. The molecular formula is C24H20O2S2. The summed E-state index contributed by atoms with van der Waals surface area (Å²) in [5.74, 6) is 2.30. The van der Waals surface area contributed by atoms with Crippen LogP contribution in [0.2, 0.25) is 0 Å². The van der Waals surface area contributed by atoms with Gasteiger partial charge < -0.3 is 0 Å². The van der Waals surface area contributed by atoms with Gasteiger partial charge in [-0.25, -0.2) is 0 Å². The van der Waals surface area contributed by atoms with Crippen molar-refractivity contribution in [3.8, 4) is 0 Å². The van der Waals surface area contributed by atoms with Crippen LogP contribution in [0.3, 0.4) is 0 Å². The van der Waals surface area contributed by atoms with Crippen LogP contribution in [0.25, 0.3) is 0 Å². The van der Waals surface area contributed by atoms with Gasteiger partial charge in [0.2, 0.25) is 0 Å². The van der Waals surface area contributed by atoms with Gasteiger partial charge in [0.25, 0.3) is 0 Å². The lowest BCUT2D eigenvalue weighted by Crippen LogP contribution is -2.46. The van der Waals surface area contributed by atoms with Crippen molar-refractivity contribution in [2.24, 2.45) is 41.4 Å². The lowest BCUT2D eigenvalue weighted by atomic mass is 9.83. The lowest BCUT2D eigenvalue weighted by Gasteiger charge is -2.38. The van der Waals surface area contributed by atoms with Crippen LogP contribution in [0.4, 0.5) is 0 Å². The Hall–Kier alpha value is -1.52. The molecule has 6 saturated carbocycles. The third kappa shape index (κ3) is 1.94. The van der Waals surface area contributed by atoms with Crippen LogP contribution in [0, 0.1) is 41.4 Å². The summed E-state index contributed by atoms with van der Waals surface area (Å²) in [4.78, 5) is 29.2. The maximum atomic E-state index is 13.7. The Morgan fingerprint density at radius 1 is 0.893 bits per heavy atom. The summed E-state index contributed by atoms with van der Waals surface area (Å²) < 4.78 is 7.97. The first-order valence-electron chi connectivity index (χ1n) is 10.7. The van der Waals surface area contributed by atoms with Crippen molar-refractivity contribution in [2.75, 3.05) is 0 Å². The molecule has 6 aliphatic rings. The SMILES string of the molecule is [2H][C@@H]1[C@H]2C(=O)[C@@H](Sc3ccccc3)[C@H]([C@@]3(Sc4ccccc4)C(=O)C4[C@@H]5C3[C@H]45)[C@@H]12. The Labute approximate surface area is 174 Å². The number of carbonyl (C=O) groups excluding carboxylic acids is 2. The van der Waals surface area contributed by atoms with Crippen LogP contribution >= 0.6 is 23.5 Å². The molecule has 4 heteroatoms. The molecule has 2 aromatic rings. The normalized spacial score (nSPS) is 49.4. The molecule has 2 unspecified atom stereocenters. The molecule has 2 bridgehead atoms. The van der Waals surface area contributed by atoms with Crippen molar-refractivity contribution in [1.29, 1.82) is 0 Å². The van der Waals surface area contributed by atoms with Gasteiger partial charge in [0.05, 0.1) is 10.00 Å². The van der Waals surface area contributed by atoms with E-state index < -0.39 is 4.75 Å². The zero-order chi connectivity index (χ0) is 19.5. The predicted molar refractivity (Wildman–Crippen MR) is 110 cm³/mol. The molecule has 6 fully saturated rings. The highest BCUT2D eigenvalue weighted by molar-refractivity contribution is 8.02. The summed E-state index contributed by atoms with van der Waals surface area (Å²) in [5, 5.41) is -0.201. The average Bonchev–Trinajstić information content (AvgIpc) is 3.66. The quantitative estimate of drug-likeness (QED) is 0.729. The van der Waals surface area contributed by atoms with E-state index in [-0.39, 0.29) is 41.1 Å². The van der Waals surface area contributed by atoms with Crippen molar-refractivity contribution in [3.63, 3.8) is 0 Å². The molecule has 6 aliphatic carbocycles. The van der Waals surface area contributed by atoms with Crippen LogP contribution in [-0.4, -0.2) is 21.6 Å². The van der Waals surface area contributed by atoms with Crippen LogP contribution in [0.5, 0.6) is 0 Å². The summed E-state index contributed by atoms with van der Waals surface area (Å²) >= 11 is 3.36. The first kappa shape index (κ1) is 15.3. The minimum atomic E-state index is -0.501. The molecule has 8 rings (SSSR count). The maximum Gasteiger partial charge on any atom is 0.153 e. The van der Waals surface area contributed by atoms with Gasteiger partial charge in [-0.2, -0.15) is 0 Å². The highest BCUT2D eigenvalue weighted by Crippen LogP contribution is 2.88. The fourth-order valence-electron chi connectivity index (χ4n) is 6.28. The third-order valence-corrected chi connectivity index (χ3v) is 10.5. The summed E-state index contributed by atoms with van der Waals surface area (Å²) in [7, 11) is 0. The van der Waals surface area contributed by atoms with Gasteiger partial charge in [-0.3, -0.25) is 9.59 Å². The standard InChI is InChI=1S/C24H20O2S2/c25-21-15-11-14(15)19(22(21)27-12-7-3-1-4-8-12)24(28-13-9-5-2-6-10-13)20-16-17(20)18(16)23(24)26/h1-10,14-20,22H,11H2/t14-,15+,16-,17+,18?,19+,20?,22-,24-/m0/s1/i11D/t11-,14-,15+,16-,17+,18?,19+,20?,22-,24-. The molecule has 0 aromatic heterocycles. The summed E-state index contributed by atoms with van der Waals surface area (Å²) in [6.45, 7) is 0. The van der Waals surface area contributed by atoms with Crippen LogP contribution in [0.15, 0.2) is 70.5 Å². The lowest BCUT2D eigenvalue weighted by molar-refractivity contribution is -0.121. The van der Waals surface area contributed by atoms with E-state index in [9.17, 15) is 9.59 Å². The zero-order valence-corrected chi connectivity index (χ0v) is 16.7. The second kappa shape index (κ2) is 5.34. The second-order valence-electron chi connectivity index (χ2n) is 8.85. The molecule has 0 radical (unpaired) electrons. The zero-order valence-electron chi connectivity index (χ0n) is 16.1. The van der Waals surface area contributed by atoms with Crippen LogP contribution in [0.1, 0.15) is 7.77 Å². The molecule has 0 saturated heterocycles. The molecule has 2 aromatic carbocycles. The van der Waals surface area contributed by atoms with Gasteiger partial charge in [-0.15, -0.1) is 23.5 Å². The fourth-order valence-corrected chi connectivity index (χ4v) is 9.59. The minimum absolute atomic E-state index is 0.0181. The van der Waals surface area contributed by atoms with Gasteiger partial charge in [0.15, 0.2) is 5.78 Å². The summed E-state index contributed by atoms with van der Waals surface area (Å²) in [5.41, 5.74) is 0. The third-order valence-electron chi connectivity index (χ3n) is 7.59. The largest absolute Gasteiger partial charge is 0.298 e. The van der Waals surface area contributed by atoms with Crippen LogP contribution in [-0.2, 0) is 9.59 Å². The Balaban J connectivity index is 1.32. The number of carbonyl (C=O) groups is 2. The van der Waals surface area contributed by atoms with Gasteiger partial charge in [-0.1, -0.05) is 36.4 Å². The molecule has 0 amide bonds. The molecule has 0 N–H and O–H groups in total. The number of Topliss-reactive ketones (excluding diaryl/α,β-unsaturated/α-hetero) is 2. The Morgan fingerprint density at radius 2 is 1.54 bits per heavy atom. The molecular weight excluding hydrogens is 384 g/mol. The number of ketones is 2. The van der Waals surface area contributed by atoms with Crippen molar-refractivity contribution in [1.82, 2.24) is 0 Å². The predicted octanol–water partition coefficient (Wildman–Crippen LogP) is 4.59. The molecule has 28 heavy (non-hydrogen) atoms. The van der Waals surface area contributed by atoms with Crippen LogP contribution < -0.4 is 0 Å². The monoisotopic (exact) mass is 405 g/mol. The van der Waals surface area contributed by atoms with E-state index in [1.54, 1.807) is 23.5 Å². The molecule has 0 spiro atoms. The van der Waals surface area contributed by atoms with Gasteiger partial charge in [-0.05, 0) is 54.3 Å². The number of thioether (sulfide) groups is 2. The van der Waals surface area contributed by atoms with E-state index in [1.807, 2.05) is 36.4 Å². The highest BCUT2D eigenvalue weighted by Gasteiger charge is 2.92. The maximum absolute atomic E-state index is 13.7. The van der Waals surface area contributed by atoms with Crippen molar-refractivity contribution in [2.45, 2.75) is 26.2 Å². The molecule has 2 nitrogen and oxygen atoms in total.